The summed E-state index contributed by atoms with van der Waals surface area (Å²) in [6.45, 7) is 1.52. The molecule has 2 aromatic heterocycles. The maximum atomic E-state index is 12.1. The van der Waals surface area contributed by atoms with Crippen LogP contribution in [0.25, 0.3) is 0 Å². The van der Waals surface area contributed by atoms with Gasteiger partial charge in [0.15, 0.2) is 5.82 Å². The molecular formula is C13H16N4OS. The highest BCUT2D eigenvalue weighted by molar-refractivity contribution is 7.10. The summed E-state index contributed by atoms with van der Waals surface area (Å²) in [7, 11) is 1.83. The maximum absolute atomic E-state index is 12.1. The van der Waals surface area contributed by atoms with Crippen LogP contribution in [-0.2, 0) is 30.7 Å². The zero-order valence-corrected chi connectivity index (χ0v) is 11.7. The van der Waals surface area contributed by atoms with Gasteiger partial charge in [-0.1, -0.05) is 6.07 Å². The van der Waals surface area contributed by atoms with Gasteiger partial charge in [0.1, 0.15) is 5.82 Å². The summed E-state index contributed by atoms with van der Waals surface area (Å²) >= 11 is 1.62. The van der Waals surface area contributed by atoms with E-state index in [0.29, 0.717) is 13.0 Å². The van der Waals surface area contributed by atoms with Gasteiger partial charge in [0.2, 0.25) is 5.91 Å². The van der Waals surface area contributed by atoms with Crippen molar-refractivity contribution in [3.63, 3.8) is 0 Å². The molecule has 1 aliphatic heterocycles. The number of rotatable bonds is 4. The molecule has 1 amide bonds. The second-order valence-corrected chi connectivity index (χ2v) is 5.83. The molecule has 0 atom stereocenters. The van der Waals surface area contributed by atoms with Gasteiger partial charge in [0.05, 0.1) is 13.0 Å². The van der Waals surface area contributed by atoms with Crippen molar-refractivity contribution in [1.29, 1.82) is 0 Å². The van der Waals surface area contributed by atoms with Gasteiger partial charge in [0, 0.05) is 24.9 Å². The van der Waals surface area contributed by atoms with Crippen molar-refractivity contribution in [1.82, 2.24) is 19.7 Å². The molecule has 1 aliphatic rings. The lowest BCUT2D eigenvalue weighted by atomic mass is 10.3. The molecule has 100 valence electrons. The Bertz CT molecular complexity index is 575. The molecule has 3 heterocycles. The molecule has 5 nitrogen and oxygen atoms in total. The van der Waals surface area contributed by atoms with E-state index >= 15 is 0 Å². The third-order valence-electron chi connectivity index (χ3n) is 3.40. The van der Waals surface area contributed by atoms with Crippen LogP contribution >= 0.6 is 11.3 Å². The van der Waals surface area contributed by atoms with Gasteiger partial charge in [0.25, 0.3) is 0 Å². The third-order valence-corrected chi connectivity index (χ3v) is 4.27. The Hall–Kier alpha value is -1.69. The number of aromatic nitrogens is 3. The van der Waals surface area contributed by atoms with E-state index in [1.807, 2.05) is 24.6 Å². The predicted octanol–water partition coefficient (Wildman–Crippen LogP) is 1.49. The standard InChI is InChI=1S/C13H16N4OS/c1-16(13(18)8-10-4-3-7-19-10)9-12-15-14-11-5-2-6-17(11)12/h3-4,7H,2,5-6,8-9H2,1H3. The largest absolute Gasteiger partial charge is 0.338 e. The van der Waals surface area contributed by atoms with Crippen LogP contribution in [0.15, 0.2) is 17.5 Å². The summed E-state index contributed by atoms with van der Waals surface area (Å²) in [6.07, 6.45) is 2.60. The topological polar surface area (TPSA) is 51.0 Å². The highest BCUT2D eigenvalue weighted by Gasteiger charge is 2.19. The predicted molar refractivity (Wildman–Crippen MR) is 72.8 cm³/mol. The van der Waals surface area contributed by atoms with Crippen LogP contribution in [0, 0.1) is 0 Å². The molecular weight excluding hydrogens is 260 g/mol. The van der Waals surface area contributed by atoms with Crippen LogP contribution in [-0.4, -0.2) is 32.6 Å². The third kappa shape index (κ3) is 2.53. The number of aryl methyl sites for hydroxylation is 1. The summed E-state index contributed by atoms with van der Waals surface area (Å²) in [5.41, 5.74) is 0. The molecule has 0 bridgehead atoms. The molecule has 3 rings (SSSR count). The Morgan fingerprint density at radius 1 is 1.53 bits per heavy atom. The number of carbonyl (C=O) groups excluding carboxylic acids is 1. The number of carbonyl (C=O) groups is 1. The van der Waals surface area contributed by atoms with Crippen LogP contribution in [0.5, 0.6) is 0 Å². The van der Waals surface area contributed by atoms with Crippen LogP contribution in [0.1, 0.15) is 22.9 Å². The fourth-order valence-electron chi connectivity index (χ4n) is 2.33. The Balaban J connectivity index is 1.64. The van der Waals surface area contributed by atoms with Gasteiger partial charge < -0.3 is 9.47 Å². The van der Waals surface area contributed by atoms with Crippen molar-refractivity contribution in [2.75, 3.05) is 7.05 Å². The number of amides is 1. The molecule has 0 aromatic carbocycles. The number of hydrogen-bond acceptors (Lipinski definition) is 4. The first-order valence-electron chi connectivity index (χ1n) is 6.41. The average Bonchev–Trinajstić information content (AvgIpc) is 3.07. The summed E-state index contributed by atoms with van der Waals surface area (Å²) < 4.78 is 2.13. The molecule has 0 saturated carbocycles. The highest BCUT2D eigenvalue weighted by Crippen LogP contribution is 2.16. The minimum Gasteiger partial charge on any atom is -0.338 e. The van der Waals surface area contributed by atoms with E-state index in [0.717, 1.165) is 35.9 Å². The van der Waals surface area contributed by atoms with Crippen molar-refractivity contribution >= 4 is 17.2 Å². The SMILES string of the molecule is CN(Cc1nnc2n1CCC2)C(=O)Cc1cccs1. The quantitative estimate of drug-likeness (QED) is 0.850. The van der Waals surface area contributed by atoms with Gasteiger partial charge in [-0.25, -0.2) is 0 Å². The van der Waals surface area contributed by atoms with Crippen molar-refractivity contribution in [2.45, 2.75) is 32.4 Å². The van der Waals surface area contributed by atoms with E-state index in [1.165, 1.54) is 0 Å². The maximum Gasteiger partial charge on any atom is 0.227 e. The van der Waals surface area contributed by atoms with Crippen molar-refractivity contribution in [2.24, 2.45) is 0 Å². The minimum atomic E-state index is 0.123. The zero-order chi connectivity index (χ0) is 13.2. The second kappa shape index (κ2) is 5.13. The Morgan fingerprint density at radius 2 is 2.42 bits per heavy atom. The molecule has 2 aromatic rings. The van der Waals surface area contributed by atoms with E-state index in [4.69, 9.17) is 0 Å². The first kappa shape index (κ1) is 12.3. The van der Waals surface area contributed by atoms with Crippen molar-refractivity contribution in [3.05, 3.63) is 34.0 Å². The van der Waals surface area contributed by atoms with Crippen LogP contribution in [0.3, 0.4) is 0 Å². The molecule has 0 N–H and O–H groups in total. The second-order valence-electron chi connectivity index (χ2n) is 4.79. The lowest BCUT2D eigenvalue weighted by Gasteiger charge is -2.16. The van der Waals surface area contributed by atoms with E-state index in [1.54, 1.807) is 16.2 Å². The molecule has 0 fully saturated rings. The molecule has 19 heavy (non-hydrogen) atoms. The van der Waals surface area contributed by atoms with Crippen molar-refractivity contribution in [3.8, 4) is 0 Å². The number of nitrogens with zero attached hydrogens (tertiary/aromatic N) is 4. The Morgan fingerprint density at radius 3 is 3.21 bits per heavy atom. The van der Waals surface area contributed by atoms with E-state index in [2.05, 4.69) is 14.8 Å². The van der Waals surface area contributed by atoms with E-state index in [-0.39, 0.29) is 5.91 Å². The normalized spacial score (nSPS) is 13.5. The Labute approximate surface area is 115 Å². The smallest absolute Gasteiger partial charge is 0.227 e. The lowest BCUT2D eigenvalue weighted by molar-refractivity contribution is -0.129. The number of thiophene rings is 1. The van der Waals surface area contributed by atoms with Gasteiger partial charge >= 0.3 is 0 Å². The number of fused-ring (bicyclic) bond motifs is 1. The summed E-state index contributed by atoms with van der Waals surface area (Å²) in [5.74, 6) is 2.07. The zero-order valence-electron chi connectivity index (χ0n) is 10.9. The van der Waals surface area contributed by atoms with Crippen LogP contribution < -0.4 is 0 Å². The monoisotopic (exact) mass is 276 g/mol. The molecule has 0 radical (unpaired) electrons. The van der Waals surface area contributed by atoms with E-state index in [9.17, 15) is 4.79 Å². The van der Waals surface area contributed by atoms with Gasteiger partial charge in [-0.3, -0.25) is 4.79 Å². The van der Waals surface area contributed by atoms with Gasteiger partial charge in [-0.2, -0.15) is 0 Å². The molecule has 6 heteroatoms. The number of likely N-dealkylation sites (N-methyl/N-ethyl adjacent to an activating group) is 1. The molecule has 0 spiro atoms. The fourth-order valence-corrected chi connectivity index (χ4v) is 3.02. The average molecular weight is 276 g/mol. The summed E-state index contributed by atoms with van der Waals surface area (Å²) in [6, 6.07) is 3.96. The molecule has 0 unspecified atom stereocenters. The fraction of sp³-hybridized carbons (Fsp3) is 0.462. The molecule has 0 aliphatic carbocycles. The number of hydrogen-bond donors (Lipinski definition) is 0. The van der Waals surface area contributed by atoms with E-state index < -0.39 is 0 Å². The van der Waals surface area contributed by atoms with Gasteiger partial charge in [-0.15, -0.1) is 21.5 Å². The highest BCUT2D eigenvalue weighted by atomic mass is 32.1. The Kier molecular flexibility index (Phi) is 3.33. The summed E-state index contributed by atoms with van der Waals surface area (Å²) in [4.78, 5) is 14.9. The summed E-state index contributed by atoms with van der Waals surface area (Å²) in [5, 5.41) is 10.3. The minimum absolute atomic E-state index is 0.123. The van der Waals surface area contributed by atoms with Crippen molar-refractivity contribution < 1.29 is 4.79 Å². The lowest BCUT2D eigenvalue weighted by Crippen LogP contribution is -2.28. The van der Waals surface area contributed by atoms with Crippen LogP contribution in [0.2, 0.25) is 0 Å². The molecule has 0 saturated heterocycles. The first-order valence-corrected chi connectivity index (χ1v) is 7.29. The first-order chi connectivity index (χ1) is 9.24. The van der Waals surface area contributed by atoms with Gasteiger partial charge in [-0.05, 0) is 17.9 Å². The van der Waals surface area contributed by atoms with Crippen LogP contribution in [0.4, 0.5) is 0 Å².